The molecule has 92 valence electrons. The standard InChI is InChI=1S/C8H18ClNO4S/c1-7(3-9)6-15(12,13)10-4-8(11)5-14-2/h7-8,10-11H,3-6H2,1-2H3. The average molecular weight is 260 g/mol. The number of alkyl halides is 1. The summed E-state index contributed by atoms with van der Waals surface area (Å²) in [4.78, 5) is 0. The van der Waals surface area contributed by atoms with Gasteiger partial charge < -0.3 is 9.84 Å². The maximum absolute atomic E-state index is 11.4. The van der Waals surface area contributed by atoms with Crippen molar-refractivity contribution in [3.05, 3.63) is 0 Å². The maximum atomic E-state index is 11.4. The second kappa shape index (κ2) is 7.40. The summed E-state index contributed by atoms with van der Waals surface area (Å²) in [7, 11) is -1.92. The monoisotopic (exact) mass is 259 g/mol. The van der Waals surface area contributed by atoms with Crippen LogP contribution >= 0.6 is 11.6 Å². The fourth-order valence-electron chi connectivity index (χ4n) is 0.953. The lowest BCUT2D eigenvalue weighted by Crippen LogP contribution is -2.37. The third-order valence-corrected chi connectivity index (χ3v) is 3.81. The van der Waals surface area contributed by atoms with Crippen molar-refractivity contribution < 1.29 is 18.3 Å². The number of nitrogens with one attached hydrogen (secondary N) is 1. The zero-order valence-corrected chi connectivity index (χ0v) is 10.5. The summed E-state index contributed by atoms with van der Waals surface area (Å²) >= 11 is 5.51. The van der Waals surface area contributed by atoms with E-state index in [1.165, 1.54) is 7.11 Å². The van der Waals surface area contributed by atoms with Crippen LogP contribution in [0.1, 0.15) is 6.92 Å². The van der Waals surface area contributed by atoms with Gasteiger partial charge >= 0.3 is 0 Å². The highest BCUT2D eigenvalue weighted by atomic mass is 35.5. The van der Waals surface area contributed by atoms with E-state index in [0.717, 1.165) is 0 Å². The molecule has 0 saturated carbocycles. The molecule has 0 radical (unpaired) electrons. The van der Waals surface area contributed by atoms with Crippen molar-refractivity contribution in [2.24, 2.45) is 5.92 Å². The molecule has 0 aromatic rings. The fraction of sp³-hybridized carbons (Fsp3) is 1.00. The summed E-state index contributed by atoms with van der Waals surface area (Å²) in [6.45, 7) is 1.82. The van der Waals surface area contributed by atoms with Crippen molar-refractivity contribution >= 4 is 21.6 Å². The number of halogens is 1. The van der Waals surface area contributed by atoms with Gasteiger partial charge in [0.2, 0.25) is 10.0 Å². The zero-order chi connectivity index (χ0) is 11.9. The molecule has 0 aromatic carbocycles. The SMILES string of the molecule is COCC(O)CNS(=O)(=O)CC(C)CCl. The smallest absolute Gasteiger partial charge is 0.211 e. The van der Waals surface area contributed by atoms with E-state index in [9.17, 15) is 13.5 Å². The highest BCUT2D eigenvalue weighted by Gasteiger charge is 2.16. The van der Waals surface area contributed by atoms with E-state index in [-0.39, 0.29) is 24.8 Å². The Labute approximate surface area is 95.8 Å². The summed E-state index contributed by atoms with van der Waals surface area (Å²) in [6.07, 6.45) is -0.823. The van der Waals surface area contributed by atoms with E-state index >= 15 is 0 Å². The van der Waals surface area contributed by atoms with Crippen molar-refractivity contribution in [1.29, 1.82) is 0 Å². The summed E-state index contributed by atoms with van der Waals surface area (Å²) in [6, 6.07) is 0. The molecule has 0 heterocycles. The first-order valence-electron chi connectivity index (χ1n) is 4.61. The van der Waals surface area contributed by atoms with Crippen LogP contribution in [0.25, 0.3) is 0 Å². The molecule has 5 nitrogen and oxygen atoms in total. The van der Waals surface area contributed by atoms with Gasteiger partial charge in [0.05, 0.1) is 18.5 Å². The minimum Gasteiger partial charge on any atom is -0.389 e. The molecule has 0 aliphatic rings. The second-order valence-electron chi connectivity index (χ2n) is 3.50. The Hall–Kier alpha value is 0.120. The van der Waals surface area contributed by atoms with E-state index < -0.39 is 16.1 Å². The average Bonchev–Trinajstić information content (AvgIpc) is 2.15. The predicted molar refractivity (Wildman–Crippen MR) is 59.6 cm³/mol. The first-order chi connectivity index (χ1) is 6.91. The maximum Gasteiger partial charge on any atom is 0.211 e. The second-order valence-corrected chi connectivity index (χ2v) is 5.66. The van der Waals surface area contributed by atoms with Gasteiger partial charge in [0, 0.05) is 19.5 Å². The van der Waals surface area contributed by atoms with Gasteiger partial charge in [-0.2, -0.15) is 0 Å². The Morgan fingerprint density at radius 3 is 2.60 bits per heavy atom. The van der Waals surface area contributed by atoms with Crippen LogP contribution in [0.2, 0.25) is 0 Å². The number of rotatable bonds is 8. The molecule has 0 aliphatic heterocycles. The third kappa shape index (κ3) is 7.98. The third-order valence-electron chi connectivity index (χ3n) is 1.67. The van der Waals surface area contributed by atoms with Crippen LogP contribution in [0.3, 0.4) is 0 Å². The van der Waals surface area contributed by atoms with E-state index in [0.29, 0.717) is 5.88 Å². The molecule has 0 bridgehead atoms. The molecular weight excluding hydrogens is 242 g/mol. The number of methoxy groups -OCH3 is 1. The van der Waals surface area contributed by atoms with Crippen molar-refractivity contribution in [2.45, 2.75) is 13.0 Å². The molecule has 0 fully saturated rings. The van der Waals surface area contributed by atoms with Crippen molar-refractivity contribution in [3.8, 4) is 0 Å². The van der Waals surface area contributed by atoms with Crippen molar-refractivity contribution in [2.75, 3.05) is 31.9 Å². The molecule has 2 N–H and O–H groups in total. The Morgan fingerprint density at radius 1 is 1.53 bits per heavy atom. The number of hydrogen-bond acceptors (Lipinski definition) is 4. The van der Waals surface area contributed by atoms with Crippen molar-refractivity contribution in [1.82, 2.24) is 4.72 Å². The minimum absolute atomic E-state index is 0.0315. The summed E-state index contributed by atoms with van der Waals surface area (Å²) < 4.78 is 29.7. The van der Waals surface area contributed by atoms with Crippen LogP contribution < -0.4 is 4.72 Å². The van der Waals surface area contributed by atoms with Gasteiger partial charge in [-0.15, -0.1) is 11.6 Å². The predicted octanol–water partition coefficient (Wildman–Crippen LogP) is -0.212. The molecular formula is C8H18ClNO4S. The highest BCUT2D eigenvalue weighted by Crippen LogP contribution is 2.01. The molecule has 7 heteroatoms. The lowest BCUT2D eigenvalue weighted by atomic mass is 10.3. The Balaban J connectivity index is 3.94. The normalized spacial score (nSPS) is 16.3. The van der Waals surface area contributed by atoms with Gasteiger partial charge in [0.25, 0.3) is 0 Å². The van der Waals surface area contributed by atoms with Crippen LogP contribution in [0, 0.1) is 5.92 Å². The number of sulfonamides is 1. The van der Waals surface area contributed by atoms with E-state index in [1.54, 1.807) is 6.92 Å². The van der Waals surface area contributed by atoms with Crippen LogP contribution in [-0.4, -0.2) is 51.5 Å². The van der Waals surface area contributed by atoms with E-state index in [1.807, 2.05) is 0 Å². The first kappa shape index (κ1) is 15.1. The zero-order valence-electron chi connectivity index (χ0n) is 8.94. The van der Waals surface area contributed by atoms with E-state index in [4.69, 9.17) is 11.6 Å². The Bertz CT molecular complexity index is 257. The number of ether oxygens (including phenoxy) is 1. The topological polar surface area (TPSA) is 75.6 Å². The fourth-order valence-corrected chi connectivity index (χ4v) is 2.62. The molecule has 2 atom stereocenters. The van der Waals surface area contributed by atoms with Gasteiger partial charge in [-0.05, 0) is 5.92 Å². The van der Waals surface area contributed by atoms with Gasteiger partial charge in [-0.25, -0.2) is 13.1 Å². The molecule has 0 rings (SSSR count). The van der Waals surface area contributed by atoms with E-state index in [2.05, 4.69) is 9.46 Å². The lowest BCUT2D eigenvalue weighted by Gasteiger charge is -2.13. The molecule has 0 amide bonds. The number of aliphatic hydroxyl groups excluding tert-OH is 1. The molecule has 0 aromatic heterocycles. The van der Waals surface area contributed by atoms with Gasteiger partial charge in [-0.1, -0.05) is 6.92 Å². The molecule has 0 spiro atoms. The van der Waals surface area contributed by atoms with Crippen LogP contribution in [0.5, 0.6) is 0 Å². The minimum atomic E-state index is -3.36. The lowest BCUT2D eigenvalue weighted by molar-refractivity contribution is 0.0679. The molecule has 0 aliphatic carbocycles. The Kier molecular flexibility index (Phi) is 7.46. The van der Waals surface area contributed by atoms with Crippen LogP contribution in [-0.2, 0) is 14.8 Å². The van der Waals surface area contributed by atoms with Crippen LogP contribution in [0.4, 0.5) is 0 Å². The highest BCUT2D eigenvalue weighted by molar-refractivity contribution is 7.89. The summed E-state index contributed by atoms with van der Waals surface area (Å²) in [5.74, 6) is 0.154. The summed E-state index contributed by atoms with van der Waals surface area (Å²) in [5.41, 5.74) is 0. The van der Waals surface area contributed by atoms with Gasteiger partial charge in [0.15, 0.2) is 0 Å². The van der Waals surface area contributed by atoms with Crippen LogP contribution in [0.15, 0.2) is 0 Å². The quantitative estimate of drug-likeness (QED) is 0.592. The number of aliphatic hydroxyl groups is 1. The first-order valence-corrected chi connectivity index (χ1v) is 6.80. The molecule has 0 saturated heterocycles. The number of hydrogen-bond donors (Lipinski definition) is 2. The molecule has 2 unspecified atom stereocenters. The van der Waals surface area contributed by atoms with Gasteiger partial charge in [0.1, 0.15) is 0 Å². The molecule has 15 heavy (non-hydrogen) atoms. The largest absolute Gasteiger partial charge is 0.389 e. The van der Waals surface area contributed by atoms with Crippen molar-refractivity contribution in [3.63, 3.8) is 0 Å². The Morgan fingerprint density at radius 2 is 2.13 bits per heavy atom. The van der Waals surface area contributed by atoms with Gasteiger partial charge in [-0.3, -0.25) is 0 Å². The summed E-state index contributed by atoms with van der Waals surface area (Å²) in [5, 5.41) is 9.23.